The minimum Gasteiger partial charge on any atom is -0.461 e. The summed E-state index contributed by atoms with van der Waals surface area (Å²) in [6.07, 6.45) is 1.65. The van der Waals surface area contributed by atoms with Gasteiger partial charge in [-0.3, -0.25) is 4.57 Å². The van der Waals surface area contributed by atoms with Crippen LogP contribution < -0.4 is 0 Å². The van der Waals surface area contributed by atoms with E-state index in [4.69, 9.17) is 9.15 Å². The minimum absolute atomic E-state index is 0.520. The van der Waals surface area contributed by atoms with Crippen molar-refractivity contribution in [1.82, 2.24) is 14.8 Å². The zero-order valence-corrected chi connectivity index (χ0v) is 12.3. The van der Waals surface area contributed by atoms with Gasteiger partial charge in [0.15, 0.2) is 16.7 Å². The van der Waals surface area contributed by atoms with Gasteiger partial charge in [-0.25, -0.2) is 0 Å². The molecule has 0 radical (unpaired) electrons. The Hall–Kier alpha value is -1.27. The maximum absolute atomic E-state index is 5.42. The SMILES string of the molecule is COCCSc1nnc(-c2ccco2)n1CC(C)C. The second kappa shape index (κ2) is 6.77. The average molecular weight is 281 g/mol. The first-order chi connectivity index (χ1) is 9.22. The number of furan rings is 1. The van der Waals surface area contributed by atoms with Crippen molar-refractivity contribution in [2.75, 3.05) is 19.5 Å². The summed E-state index contributed by atoms with van der Waals surface area (Å²) in [5, 5.41) is 9.42. The van der Waals surface area contributed by atoms with E-state index in [0.717, 1.165) is 29.0 Å². The number of nitrogens with zero attached hydrogens (tertiary/aromatic N) is 3. The molecule has 6 heteroatoms. The number of aromatic nitrogens is 3. The molecular weight excluding hydrogens is 262 g/mol. The van der Waals surface area contributed by atoms with Crippen molar-refractivity contribution in [2.45, 2.75) is 25.5 Å². The van der Waals surface area contributed by atoms with Crippen LogP contribution in [0.3, 0.4) is 0 Å². The zero-order valence-electron chi connectivity index (χ0n) is 11.5. The molecular formula is C13H19N3O2S. The maximum Gasteiger partial charge on any atom is 0.200 e. The Bertz CT molecular complexity index is 494. The molecule has 104 valence electrons. The van der Waals surface area contributed by atoms with Crippen LogP contribution in [0.4, 0.5) is 0 Å². The van der Waals surface area contributed by atoms with Gasteiger partial charge in [0.1, 0.15) is 0 Å². The van der Waals surface area contributed by atoms with Crippen LogP contribution >= 0.6 is 11.8 Å². The molecule has 0 amide bonds. The minimum atomic E-state index is 0.520. The number of methoxy groups -OCH3 is 1. The number of ether oxygens (including phenoxy) is 1. The topological polar surface area (TPSA) is 53.1 Å². The smallest absolute Gasteiger partial charge is 0.200 e. The molecule has 0 saturated heterocycles. The Balaban J connectivity index is 2.23. The lowest BCUT2D eigenvalue weighted by atomic mass is 10.2. The number of rotatable bonds is 7. The van der Waals surface area contributed by atoms with Gasteiger partial charge in [0.2, 0.25) is 0 Å². The van der Waals surface area contributed by atoms with E-state index in [9.17, 15) is 0 Å². The molecule has 0 unspecified atom stereocenters. The quantitative estimate of drug-likeness (QED) is 0.577. The third-order valence-electron chi connectivity index (χ3n) is 2.52. The van der Waals surface area contributed by atoms with Crippen molar-refractivity contribution in [2.24, 2.45) is 5.92 Å². The Morgan fingerprint density at radius 1 is 1.42 bits per heavy atom. The molecule has 0 spiro atoms. The highest BCUT2D eigenvalue weighted by Crippen LogP contribution is 2.25. The van der Waals surface area contributed by atoms with Crippen LogP contribution in [0.2, 0.25) is 0 Å². The highest BCUT2D eigenvalue weighted by molar-refractivity contribution is 7.99. The molecule has 2 rings (SSSR count). The van der Waals surface area contributed by atoms with Crippen LogP contribution in [-0.2, 0) is 11.3 Å². The Morgan fingerprint density at radius 3 is 2.89 bits per heavy atom. The molecule has 0 aliphatic carbocycles. The summed E-state index contributed by atoms with van der Waals surface area (Å²) < 4.78 is 12.6. The molecule has 2 heterocycles. The van der Waals surface area contributed by atoms with Crippen LogP contribution in [0.1, 0.15) is 13.8 Å². The van der Waals surface area contributed by atoms with Gasteiger partial charge in [0.25, 0.3) is 0 Å². The highest BCUT2D eigenvalue weighted by Gasteiger charge is 2.16. The van der Waals surface area contributed by atoms with Crippen LogP contribution in [0.15, 0.2) is 28.0 Å². The van der Waals surface area contributed by atoms with E-state index in [2.05, 4.69) is 28.6 Å². The fraction of sp³-hybridized carbons (Fsp3) is 0.538. The van der Waals surface area contributed by atoms with E-state index in [1.54, 1.807) is 25.1 Å². The summed E-state index contributed by atoms with van der Waals surface area (Å²) in [7, 11) is 1.70. The van der Waals surface area contributed by atoms with Crippen LogP contribution in [0.5, 0.6) is 0 Å². The monoisotopic (exact) mass is 281 g/mol. The molecule has 0 saturated carbocycles. The summed E-state index contributed by atoms with van der Waals surface area (Å²) in [4.78, 5) is 0. The molecule has 0 aliphatic rings. The predicted molar refractivity (Wildman–Crippen MR) is 75.2 cm³/mol. The van der Waals surface area contributed by atoms with Gasteiger partial charge in [-0.15, -0.1) is 10.2 Å². The van der Waals surface area contributed by atoms with E-state index in [1.165, 1.54) is 0 Å². The van der Waals surface area contributed by atoms with E-state index >= 15 is 0 Å². The first kappa shape index (κ1) is 14.1. The van der Waals surface area contributed by atoms with Gasteiger partial charge in [-0.2, -0.15) is 0 Å². The third-order valence-corrected chi connectivity index (χ3v) is 3.46. The molecule has 0 atom stereocenters. The van der Waals surface area contributed by atoms with Gasteiger partial charge in [-0.05, 0) is 18.1 Å². The highest BCUT2D eigenvalue weighted by atomic mass is 32.2. The Morgan fingerprint density at radius 2 is 2.26 bits per heavy atom. The summed E-state index contributed by atoms with van der Waals surface area (Å²) >= 11 is 1.65. The lowest BCUT2D eigenvalue weighted by molar-refractivity contribution is 0.218. The van der Waals surface area contributed by atoms with Gasteiger partial charge in [0, 0.05) is 19.4 Å². The van der Waals surface area contributed by atoms with Crippen molar-refractivity contribution < 1.29 is 9.15 Å². The Labute approximate surface area is 117 Å². The van der Waals surface area contributed by atoms with E-state index in [0.29, 0.717) is 12.5 Å². The first-order valence-electron chi connectivity index (χ1n) is 6.31. The fourth-order valence-electron chi connectivity index (χ4n) is 1.73. The van der Waals surface area contributed by atoms with Crippen molar-refractivity contribution in [3.8, 4) is 11.6 Å². The molecule has 0 aromatic carbocycles. The Kier molecular flexibility index (Phi) is 5.04. The third kappa shape index (κ3) is 3.61. The molecule has 2 aromatic heterocycles. The lowest BCUT2D eigenvalue weighted by Gasteiger charge is -2.11. The van der Waals surface area contributed by atoms with E-state index in [1.807, 2.05) is 12.1 Å². The molecule has 0 fully saturated rings. The normalized spacial score (nSPS) is 11.4. The maximum atomic E-state index is 5.42. The standard InChI is InChI=1S/C13H19N3O2S/c1-10(2)9-16-12(11-5-4-6-18-11)14-15-13(16)19-8-7-17-3/h4-6,10H,7-9H2,1-3H3. The van der Waals surface area contributed by atoms with Gasteiger partial charge < -0.3 is 9.15 Å². The predicted octanol–water partition coefficient (Wildman–Crippen LogP) is 2.93. The lowest BCUT2D eigenvalue weighted by Crippen LogP contribution is -2.08. The van der Waals surface area contributed by atoms with Crippen LogP contribution in [0.25, 0.3) is 11.6 Å². The molecule has 2 aromatic rings. The van der Waals surface area contributed by atoms with Gasteiger partial charge >= 0.3 is 0 Å². The van der Waals surface area contributed by atoms with Gasteiger partial charge in [-0.1, -0.05) is 25.6 Å². The van der Waals surface area contributed by atoms with E-state index < -0.39 is 0 Å². The molecule has 19 heavy (non-hydrogen) atoms. The van der Waals surface area contributed by atoms with Crippen molar-refractivity contribution in [1.29, 1.82) is 0 Å². The van der Waals surface area contributed by atoms with E-state index in [-0.39, 0.29) is 0 Å². The number of hydrogen-bond donors (Lipinski definition) is 0. The van der Waals surface area contributed by atoms with Crippen LogP contribution in [-0.4, -0.2) is 34.2 Å². The van der Waals surface area contributed by atoms with Crippen molar-refractivity contribution in [3.05, 3.63) is 18.4 Å². The van der Waals surface area contributed by atoms with Crippen molar-refractivity contribution >= 4 is 11.8 Å². The van der Waals surface area contributed by atoms with Crippen LogP contribution in [0, 0.1) is 5.92 Å². The second-order valence-corrected chi connectivity index (χ2v) is 5.69. The molecule has 5 nitrogen and oxygen atoms in total. The van der Waals surface area contributed by atoms with Crippen molar-refractivity contribution in [3.63, 3.8) is 0 Å². The first-order valence-corrected chi connectivity index (χ1v) is 7.29. The molecule has 0 bridgehead atoms. The average Bonchev–Trinajstić information content (AvgIpc) is 2.99. The summed E-state index contributed by atoms with van der Waals surface area (Å²) in [6, 6.07) is 3.77. The number of hydrogen-bond acceptors (Lipinski definition) is 5. The summed E-state index contributed by atoms with van der Waals surface area (Å²) in [5.41, 5.74) is 0. The van der Waals surface area contributed by atoms with Gasteiger partial charge in [0.05, 0.1) is 12.9 Å². The zero-order chi connectivity index (χ0) is 13.7. The summed E-state index contributed by atoms with van der Waals surface area (Å²) in [5.74, 6) is 2.93. The second-order valence-electron chi connectivity index (χ2n) is 4.63. The number of thioether (sulfide) groups is 1. The summed E-state index contributed by atoms with van der Waals surface area (Å²) in [6.45, 7) is 5.93. The molecule has 0 N–H and O–H groups in total. The fourth-order valence-corrected chi connectivity index (χ4v) is 2.58. The largest absolute Gasteiger partial charge is 0.461 e. The molecule has 0 aliphatic heterocycles.